The van der Waals surface area contributed by atoms with Gasteiger partial charge in [-0.05, 0) is 18.1 Å². The van der Waals surface area contributed by atoms with Gasteiger partial charge in [0.25, 0.3) is 0 Å². The summed E-state index contributed by atoms with van der Waals surface area (Å²) in [6.45, 7) is 1.89. The Bertz CT molecular complexity index is 350. The summed E-state index contributed by atoms with van der Waals surface area (Å²) in [5.41, 5.74) is 1.26. The number of ether oxygens (including phenoxy) is 1. The van der Waals surface area contributed by atoms with Crippen LogP contribution in [0.5, 0.6) is 5.06 Å². The van der Waals surface area contributed by atoms with Crippen molar-refractivity contribution in [3.05, 3.63) is 16.5 Å². The summed E-state index contributed by atoms with van der Waals surface area (Å²) in [5.74, 6) is 0. The van der Waals surface area contributed by atoms with E-state index in [4.69, 9.17) is 4.74 Å². The predicted octanol–water partition coefficient (Wildman–Crippen LogP) is 1.45. The summed E-state index contributed by atoms with van der Waals surface area (Å²) < 4.78 is 5.21. The summed E-state index contributed by atoms with van der Waals surface area (Å²) in [6, 6.07) is 1.95. The lowest BCUT2D eigenvalue weighted by Crippen LogP contribution is -2.24. The first-order chi connectivity index (χ1) is 7.16. The molecule has 1 aliphatic rings. The molecule has 5 heteroatoms. The molecule has 0 saturated heterocycles. The van der Waals surface area contributed by atoms with Crippen molar-refractivity contribution in [1.29, 1.82) is 0 Å². The first-order valence-electron chi connectivity index (χ1n) is 4.88. The Balaban J connectivity index is 2.09. The summed E-state index contributed by atoms with van der Waals surface area (Å²) in [7, 11) is 3.36. The van der Waals surface area contributed by atoms with E-state index < -0.39 is 0 Å². The van der Waals surface area contributed by atoms with Crippen LogP contribution in [-0.2, 0) is 13.0 Å². The van der Waals surface area contributed by atoms with Crippen LogP contribution < -0.4 is 10.1 Å². The molecular formula is C10H14N2O2S. The minimum absolute atomic E-state index is 0.318. The van der Waals surface area contributed by atoms with E-state index in [1.165, 1.54) is 15.3 Å². The minimum Gasteiger partial charge on any atom is -0.399 e. The first kappa shape index (κ1) is 10.4. The van der Waals surface area contributed by atoms with Gasteiger partial charge >= 0.3 is 6.09 Å². The Labute approximate surface area is 92.8 Å². The molecule has 82 valence electrons. The second-order valence-corrected chi connectivity index (χ2v) is 4.80. The SMILES string of the molecule is CN(C)C(=O)Oc1cc2c(s1)CCNC2. The topological polar surface area (TPSA) is 41.6 Å². The fourth-order valence-corrected chi connectivity index (χ4v) is 2.48. The number of thiophene rings is 1. The standard InChI is InChI=1S/C10H14N2O2S/c1-12(2)10(13)14-9-5-7-6-11-4-3-8(7)15-9/h5,11H,3-4,6H2,1-2H3. The van der Waals surface area contributed by atoms with Crippen molar-refractivity contribution in [3.63, 3.8) is 0 Å². The molecule has 0 aliphatic carbocycles. The molecule has 1 aromatic heterocycles. The van der Waals surface area contributed by atoms with Gasteiger partial charge in [-0.1, -0.05) is 0 Å². The van der Waals surface area contributed by atoms with Crippen LogP contribution in [0.3, 0.4) is 0 Å². The van der Waals surface area contributed by atoms with Crippen LogP contribution in [0.15, 0.2) is 6.07 Å². The van der Waals surface area contributed by atoms with Crippen LogP contribution in [0.2, 0.25) is 0 Å². The van der Waals surface area contributed by atoms with E-state index in [-0.39, 0.29) is 6.09 Å². The fraction of sp³-hybridized carbons (Fsp3) is 0.500. The number of fused-ring (bicyclic) bond motifs is 1. The maximum atomic E-state index is 11.3. The molecule has 4 nitrogen and oxygen atoms in total. The van der Waals surface area contributed by atoms with Gasteiger partial charge < -0.3 is 15.0 Å². The number of nitrogens with one attached hydrogen (secondary N) is 1. The van der Waals surface area contributed by atoms with Gasteiger partial charge in [0, 0.05) is 32.1 Å². The van der Waals surface area contributed by atoms with Crippen LogP contribution in [0.1, 0.15) is 10.4 Å². The quantitative estimate of drug-likeness (QED) is 0.788. The number of hydrogen-bond donors (Lipinski definition) is 1. The molecule has 0 radical (unpaired) electrons. The molecule has 1 N–H and O–H groups in total. The van der Waals surface area contributed by atoms with Crippen molar-refractivity contribution in [2.45, 2.75) is 13.0 Å². The zero-order valence-corrected chi connectivity index (χ0v) is 9.69. The van der Waals surface area contributed by atoms with Crippen LogP contribution in [-0.4, -0.2) is 31.6 Å². The zero-order valence-electron chi connectivity index (χ0n) is 8.87. The Morgan fingerprint density at radius 3 is 3.07 bits per heavy atom. The van der Waals surface area contributed by atoms with Crippen LogP contribution in [0, 0.1) is 0 Å². The van der Waals surface area contributed by atoms with Gasteiger partial charge in [-0.2, -0.15) is 0 Å². The van der Waals surface area contributed by atoms with Crippen LogP contribution in [0.25, 0.3) is 0 Å². The third-order valence-electron chi connectivity index (χ3n) is 2.27. The zero-order chi connectivity index (χ0) is 10.8. The van der Waals surface area contributed by atoms with Gasteiger partial charge in [-0.25, -0.2) is 4.79 Å². The average molecular weight is 226 g/mol. The molecule has 0 spiro atoms. The van der Waals surface area contributed by atoms with Crippen molar-refractivity contribution in [1.82, 2.24) is 10.2 Å². The van der Waals surface area contributed by atoms with E-state index in [1.807, 2.05) is 6.07 Å². The van der Waals surface area contributed by atoms with Crippen molar-refractivity contribution in [2.75, 3.05) is 20.6 Å². The van der Waals surface area contributed by atoms with Gasteiger partial charge in [0.15, 0.2) is 5.06 Å². The molecule has 15 heavy (non-hydrogen) atoms. The molecule has 0 aromatic carbocycles. The number of nitrogens with zero attached hydrogens (tertiary/aromatic N) is 1. The van der Waals surface area contributed by atoms with Gasteiger partial charge in [0.1, 0.15) is 0 Å². The molecule has 2 heterocycles. The summed E-state index contributed by atoms with van der Waals surface area (Å²) in [6.07, 6.45) is 0.709. The highest BCUT2D eigenvalue weighted by Gasteiger charge is 2.15. The molecule has 1 aliphatic heterocycles. The van der Waals surface area contributed by atoms with E-state index in [0.29, 0.717) is 5.06 Å². The van der Waals surface area contributed by atoms with Crippen molar-refractivity contribution in [2.24, 2.45) is 0 Å². The number of hydrogen-bond acceptors (Lipinski definition) is 4. The summed E-state index contributed by atoms with van der Waals surface area (Å²) >= 11 is 1.57. The third kappa shape index (κ3) is 2.30. The van der Waals surface area contributed by atoms with Gasteiger partial charge in [-0.3, -0.25) is 0 Å². The van der Waals surface area contributed by atoms with E-state index >= 15 is 0 Å². The third-order valence-corrected chi connectivity index (χ3v) is 3.39. The Morgan fingerprint density at radius 1 is 1.60 bits per heavy atom. The first-order valence-corrected chi connectivity index (χ1v) is 5.70. The van der Waals surface area contributed by atoms with E-state index in [2.05, 4.69) is 5.32 Å². The van der Waals surface area contributed by atoms with Crippen molar-refractivity contribution >= 4 is 17.4 Å². The van der Waals surface area contributed by atoms with Gasteiger partial charge in [0.05, 0.1) is 0 Å². The maximum Gasteiger partial charge on any atom is 0.415 e. The lowest BCUT2D eigenvalue weighted by atomic mass is 10.1. The molecular weight excluding hydrogens is 212 g/mol. The highest BCUT2D eigenvalue weighted by molar-refractivity contribution is 7.14. The minimum atomic E-state index is -0.318. The second kappa shape index (κ2) is 4.20. The summed E-state index contributed by atoms with van der Waals surface area (Å²) in [4.78, 5) is 14.1. The highest BCUT2D eigenvalue weighted by Crippen LogP contribution is 2.31. The largest absolute Gasteiger partial charge is 0.415 e. The molecule has 0 fully saturated rings. The normalized spacial score (nSPS) is 14.5. The second-order valence-electron chi connectivity index (χ2n) is 3.70. The van der Waals surface area contributed by atoms with E-state index in [1.54, 1.807) is 25.4 Å². The van der Waals surface area contributed by atoms with Crippen molar-refractivity contribution < 1.29 is 9.53 Å². The Morgan fingerprint density at radius 2 is 2.40 bits per heavy atom. The molecule has 0 unspecified atom stereocenters. The number of carbonyl (C=O) groups excluding carboxylic acids is 1. The number of amides is 1. The average Bonchev–Trinajstić information content (AvgIpc) is 2.59. The van der Waals surface area contributed by atoms with E-state index in [9.17, 15) is 4.79 Å². The molecule has 0 saturated carbocycles. The van der Waals surface area contributed by atoms with E-state index in [0.717, 1.165) is 19.5 Å². The molecule has 2 rings (SSSR count). The van der Waals surface area contributed by atoms with Crippen LogP contribution >= 0.6 is 11.3 Å². The Kier molecular flexibility index (Phi) is 2.93. The monoisotopic (exact) mass is 226 g/mol. The lowest BCUT2D eigenvalue weighted by molar-refractivity contribution is 0.173. The van der Waals surface area contributed by atoms with Crippen LogP contribution in [0.4, 0.5) is 4.79 Å². The molecule has 0 bridgehead atoms. The molecule has 1 amide bonds. The highest BCUT2D eigenvalue weighted by atomic mass is 32.1. The molecule has 1 aromatic rings. The number of rotatable bonds is 1. The van der Waals surface area contributed by atoms with Gasteiger partial charge in [0.2, 0.25) is 0 Å². The fourth-order valence-electron chi connectivity index (χ4n) is 1.45. The number of carbonyl (C=O) groups is 1. The van der Waals surface area contributed by atoms with Crippen molar-refractivity contribution in [3.8, 4) is 5.06 Å². The molecule has 0 atom stereocenters. The smallest absolute Gasteiger partial charge is 0.399 e. The lowest BCUT2D eigenvalue weighted by Gasteiger charge is -2.10. The maximum absolute atomic E-state index is 11.3. The predicted molar refractivity (Wildman–Crippen MR) is 59.4 cm³/mol. The van der Waals surface area contributed by atoms with Gasteiger partial charge in [-0.15, -0.1) is 11.3 Å². The summed E-state index contributed by atoms with van der Waals surface area (Å²) in [5, 5.41) is 3.98. The Hall–Kier alpha value is -1.07.